The molecule has 0 saturated heterocycles. The smallest absolute Gasteiger partial charge is 0.120 e. The molecule has 5 heteroatoms. The molecule has 0 aliphatic carbocycles. The van der Waals surface area contributed by atoms with E-state index in [1.165, 1.54) is 0 Å². The molecule has 20 heavy (non-hydrogen) atoms. The summed E-state index contributed by atoms with van der Waals surface area (Å²) >= 11 is 0. The molecule has 5 nitrogen and oxygen atoms in total. The van der Waals surface area contributed by atoms with E-state index in [-0.39, 0.29) is 6.61 Å². The first-order valence-corrected chi connectivity index (χ1v) is 6.65. The molecular weight excluding hydrogens is 254 g/mol. The largest absolute Gasteiger partial charge is 0.491 e. The van der Waals surface area contributed by atoms with Gasteiger partial charge >= 0.3 is 0 Å². The summed E-state index contributed by atoms with van der Waals surface area (Å²) in [6.45, 7) is 2.63. The van der Waals surface area contributed by atoms with Gasteiger partial charge in [0, 0.05) is 19.6 Å². The zero-order valence-electron chi connectivity index (χ0n) is 12.4. The Labute approximate surface area is 121 Å². The zero-order chi connectivity index (χ0) is 15.0. The van der Waals surface area contributed by atoms with Crippen molar-refractivity contribution >= 4 is 0 Å². The molecule has 0 aromatic heterocycles. The van der Waals surface area contributed by atoms with Crippen LogP contribution >= 0.6 is 0 Å². The Bertz CT molecular complexity index is 443. The number of ether oxygens (including phenoxy) is 1. The number of hydrogen-bond donors (Lipinski definition) is 1. The van der Waals surface area contributed by atoms with E-state index < -0.39 is 6.10 Å². The first-order valence-electron chi connectivity index (χ1n) is 6.65. The number of nitriles is 1. The van der Waals surface area contributed by atoms with Gasteiger partial charge in [0.1, 0.15) is 18.5 Å². The summed E-state index contributed by atoms with van der Waals surface area (Å²) < 4.78 is 5.50. The van der Waals surface area contributed by atoms with Crippen LogP contribution in [-0.4, -0.2) is 68.4 Å². The third-order valence-corrected chi connectivity index (χ3v) is 2.86. The summed E-state index contributed by atoms with van der Waals surface area (Å²) in [6.07, 6.45) is -0.548. The van der Waals surface area contributed by atoms with Gasteiger partial charge in [0.2, 0.25) is 0 Å². The van der Waals surface area contributed by atoms with Gasteiger partial charge in [-0.2, -0.15) is 5.26 Å². The van der Waals surface area contributed by atoms with Crippen LogP contribution in [0.25, 0.3) is 0 Å². The summed E-state index contributed by atoms with van der Waals surface area (Å²) in [5.41, 5.74) is 0.556. The summed E-state index contributed by atoms with van der Waals surface area (Å²) in [4.78, 5) is 4.17. The molecule has 0 bridgehead atoms. The maximum Gasteiger partial charge on any atom is 0.120 e. The minimum atomic E-state index is -0.548. The minimum Gasteiger partial charge on any atom is -0.491 e. The highest BCUT2D eigenvalue weighted by atomic mass is 16.5. The van der Waals surface area contributed by atoms with Crippen molar-refractivity contribution < 1.29 is 9.84 Å². The highest BCUT2D eigenvalue weighted by Crippen LogP contribution is 2.12. The van der Waals surface area contributed by atoms with Crippen molar-refractivity contribution in [2.24, 2.45) is 0 Å². The summed E-state index contributed by atoms with van der Waals surface area (Å²) in [5.74, 6) is 0.610. The number of rotatable bonds is 8. The Balaban J connectivity index is 2.32. The van der Waals surface area contributed by atoms with Crippen LogP contribution in [0.5, 0.6) is 5.75 Å². The average molecular weight is 277 g/mol. The van der Waals surface area contributed by atoms with Crippen LogP contribution in [0.1, 0.15) is 5.56 Å². The summed E-state index contributed by atoms with van der Waals surface area (Å²) in [6, 6.07) is 9.00. The van der Waals surface area contributed by atoms with Crippen molar-refractivity contribution in [2.75, 3.05) is 47.4 Å². The number of aliphatic hydroxyl groups is 1. The Hall–Kier alpha value is -1.61. The van der Waals surface area contributed by atoms with Crippen molar-refractivity contribution in [3.05, 3.63) is 29.8 Å². The van der Waals surface area contributed by atoms with Crippen molar-refractivity contribution in [1.82, 2.24) is 9.80 Å². The van der Waals surface area contributed by atoms with Gasteiger partial charge in [-0.25, -0.2) is 0 Å². The lowest BCUT2D eigenvalue weighted by atomic mass is 10.2. The van der Waals surface area contributed by atoms with Gasteiger partial charge in [0.15, 0.2) is 0 Å². The van der Waals surface area contributed by atoms with Gasteiger partial charge in [-0.1, -0.05) is 6.07 Å². The fourth-order valence-electron chi connectivity index (χ4n) is 1.72. The number of nitrogens with zero attached hydrogens (tertiary/aromatic N) is 3. The number of hydrogen-bond acceptors (Lipinski definition) is 5. The number of likely N-dealkylation sites (N-methyl/N-ethyl adjacent to an activating group) is 2. The first kappa shape index (κ1) is 16.4. The molecule has 0 aliphatic heterocycles. The maximum absolute atomic E-state index is 9.93. The second-order valence-corrected chi connectivity index (χ2v) is 5.17. The average Bonchev–Trinajstić information content (AvgIpc) is 2.43. The molecule has 0 spiro atoms. The third kappa shape index (κ3) is 6.53. The lowest BCUT2D eigenvalue weighted by molar-refractivity contribution is 0.0746. The molecule has 0 amide bonds. The Kier molecular flexibility index (Phi) is 7.02. The quantitative estimate of drug-likeness (QED) is 0.761. The van der Waals surface area contributed by atoms with Crippen molar-refractivity contribution in [1.29, 1.82) is 5.26 Å². The van der Waals surface area contributed by atoms with Gasteiger partial charge in [-0.3, -0.25) is 0 Å². The lowest BCUT2D eigenvalue weighted by Crippen LogP contribution is -2.36. The summed E-state index contributed by atoms with van der Waals surface area (Å²) in [7, 11) is 6.02. The molecule has 1 rings (SSSR count). The molecule has 1 aromatic rings. The predicted molar refractivity (Wildman–Crippen MR) is 78.7 cm³/mol. The maximum atomic E-state index is 9.93. The number of benzene rings is 1. The second-order valence-electron chi connectivity index (χ2n) is 5.17. The highest BCUT2D eigenvalue weighted by Gasteiger charge is 2.09. The van der Waals surface area contributed by atoms with Gasteiger partial charge in [-0.15, -0.1) is 0 Å². The Morgan fingerprint density at radius 3 is 2.70 bits per heavy atom. The normalized spacial score (nSPS) is 12.4. The van der Waals surface area contributed by atoms with Crippen molar-refractivity contribution in [3.8, 4) is 11.8 Å². The van der Waals surface area contributed by atoms with E-state index in [1.54, 1.807) is 24.3 Å². The summed E-state index contributed by atoms with van der Waals surface area (Å²) in [5, 5.41) is 18.7. The molecule has 1 unspecified atom stereocenters. The van der Waals surface area contributed by atoms with E-state index in [1.807, 2.05) is 21.1 Å². The molecule has 110 valence electrons. The second kappa shape index (κ2) is 8.54. The van der Waals surface area contributed by atoms with E-state index in [4.69, 9.17) is 10.00 Å². The minimum absolute atomic E-state index is 0.223. The van der Waals surface area contributed by atoms with Crippen LogP contribution in [0.15, 0.2) is 24.3 Å². The molecular formula is C15H23N3O2. The molecule has 0 saturated carbocycles. The molecule has 0 aliphatic rings. The van der Waals surface area contributed by atoms with Crippen LogP contribution < -0.4 is 4.74 Å². The highest BCUT2D eigenvalue weighted by molar-refractivity contribution is 5.36. The standard InChI is InChI=1S/C15H23N3O2/c1-17(2)7-8-18(3)11-14(19)12-20-15-6-4-5-13(9-15)10-16/h4-6,9,14,19H,7-8,11-12H2,1-3H3. The third-order valence-electron chi connectivity index (χ3n) is 2.86. The van der Waals surface area contributed by atoms with E-state index in [2.05, 4.69) is 15.9 Å². The predicted octanol–water partition coefficient (Wildman–Crippen LogP) is 0.791. The molecule has 1 aromatic carbocycles. The van der Waals surface area contributed by atoms with Crippen molar-refractivity contribution in [2.45, 2.75) is 6.10 Å². The Morgan fingerprint density at radius 2 is 2.05 bits per heavy atom. The molecule has 0 fully saturated rings. The fourth-order valence-corrected chi connectivity index (χ4v) is 1.72. The zero-order valence-corrected chi connectivity index (χ0v) is 12.4. The fraction of sp³-hybridized carbons (Fsp3) is 0.533. The molecule has 0 radical (unpaired) electrons. The van der Waals surface area contributed by atoms with Crippen LogP contribution in [0.4, 0.5) is 0 Å². The van der Waals surface area contributed by atoms with Crippen LogP contribution in [-0.2, 0) is 0 Å². The van der Waals surface area contributed by atoms with Gasteiger partial charge in [0.25, 0.3) is 0 Å². The van der Waals surface area contributed by atoms with E-state index in [0.29, 0.717) is 17.9 Å². The molecule has 0 heterocycles. The Morgan fingerprint density at radius 1 is 1.30 bits per heavy atom. The lowest BCUT2D eigenvalue weighted by Gasteiger charge is -2.22. The van der Waals surface area contributed by atoms with Crippen LogP contribution in [0, 0.1) is 11.3 Å². The van der Waals surface area contributed by atoms with Gasteiger partial charge in [0.05, 0.1) is 11.6 Å². The molecule has 1 atom stereocenters. The molecule has 1 N–H and O–H groups in total. The van der Waals surface area contributed by atoms with Crippen LogP contribution in [0.2, 0.25) is 0 Å². The number of aliphatic hydroxyl groups excluding tert-OH is 1. The topological polar surface area (TPSA) is 59.7 Å². The van der Waals surface area contributed by atoms with E-state index >= 15 is 0 Å². The monoisotopic (exact) mass is 277 g/mol. The van der Waals surface area contributed by atoms with Gasteiger partial charge in [-0.05, 0) is 39.3 Å². The van der Waals surface area contributed by atoms with Crippen LogP contribution in [0.3, 0.4) is 0 Å². The van der Waals surface area contributed by atoms with Gasteiger partial charge < -0.3 is 19.6 Å². The van der Waals surface area contributed by atoms with Crippen molar-refractivity contribution in [3.63, 3.8) is 0 Å². The first-order chi connectivity index (χ1) is 9.51. The van der Waals surface area contributed by atoms with E-state index in [0.717, 1.165) is 13.1 Å². The van der Waals surface area contributed by atoms with E-state index in [9.17, 15) is 5.11 Å². The SMILES string of the molecule is CN(C)CCN(C)CC(O)COc1cccc(C#N)c1.